The molecule has 3 nitrogen and oxygen atoms in total. The topological polar surface area (TPSA) is 41.1 Å². The smallest absolute Gasteiger partial charge is 0.221 e. The van der Waals surface area contributed by atoms with Crippen molar-refractivity contribution < 1.29 is 4.79 Å². The van der Waals surface area contributed by atoms with Gasteiger partial charge in [0.05, 0.1) is 0 Å². The van der Waals surface area contributed by atoms with Crippen molar-refractivity contribution in [1.82, 2.24) is 10.6 Å². The first-order valence-corrected chi connectivity index (χ1v) is 7.08. The van der Waals surface area contributed by atoms with E-state index in [2.05, 4.69) is 10.6 Å². The third-order valence-electron chi connectivity index (χ3n) is 3.24. The molecular weight excluding hydrogens is 244 g/mol. The van der Waals surface area contributed by atoms with Crippen LogP contribution in [0.4, 0.5) is 0 Å². The highest BCUT2D eigenvalue weighted by atomic mass is 35.5. The van der Waals surface area contributed by atoms with Gasteiger partial charge in [0.15, 0.2) is 0 Å². The Morgan fingerprint density at radius 3 is 2.81 bits per heavy atom. The van der Waals surface area contributed by atoms with E-state index in [9.17, 15) is 4.79 Å². The van der Waals surface area contributed by atoms with Crippen molar-refractivity contribution in [3.8, 4) is 0 Å². The van der Waals surface area contributed by atoms with Gasteiger partial charge in [0.1, 0.15) is 0 Å². The predicted molar refractivity (Wildman–Crippen MR) is 71.3 cm³/mol. The van der Waals surface area contributed by atoms with Crippen molar-refractivity contribution in [3.05, 3.63) is 0 Å². The van der Waals surface area contributed by atoms with Crippen LogP contribution in [-0.2, 0) is 4.79 Å². The number of rotatable bonds is 4. The van der Waals surface area contributed by atoms with Gasteiger partial charge in [-0.15, -0.1) is 12.4 Å². The van der Waals surface area contributed by atoms with Gasteiger partial charge >= 0.3 is 0 Å². The number of carbonyl (C=O) groups is 1. The minimum atomic E-state index is 0. The standard InChI is InChI=1S/C11H20N2OS.ClH/c14-11(13-7-9-2-1-3-9)6-10-8-15-5-4-12-10;/h9-10,12H,1-8H2,(H,13,14);1H. The third kappa shape index (κ3) is 4.52. The summed E-state index contributed by atoms with van der Waals surface area (Å²) < 4.78 is 0. The molecule has 0 spiro atoms. The summed E-state index contributed by atoms with van der Waals surface area (Å²) in [4.78, 5) is 11.6. The molecule has 1 aliphatic carbocycles. The molecule has 5 heteroatoms. The zero-order valence-corrected chi connectivity index (χ0v) is 11.2. The van der Waals surface area contributed by atoms with Gasteiger partial charge in [0.2, 0.25) is 5.91 Å². The SMILES string of the molecule is Cl.O=C(CC1CSCCN1)NCC1CCC1. The van der Waals surface area contributed by atoms with Crippen molar-refractivity contribution in [1.29, 1.82) is 0 Å². The lowest BCUT2D eigenvalue weighted by molar-refractivity contribution is -0.121. The van der Waals surface area contributed by atoms with Crippen LogP contribution in [0, 0.1) is 5.92 Å². The number of hydrogen-bond acceptors (Lipinski definition) is 3. The van der Waals surface area contributed by atoms with E-state index in [1.807, 2.05) is 11.8 Å². The fraction of sp³-hybridized carbons (Fsp3) is 0.909. The fourth-order valence-corrected chi connectivity index (χ4v) is 2.95. The van der Waals surface area contributed by atoms with Crippen LogP contribution in [0.3, 0.4) is 0 Å². The summed E-state index contributed by atoms with van der Waals surface area (Å²) >= 11 is 1.94. The monoisotopic (exact) mass is 264 g/mol. The summed E-state index contributed by atoms with van der Waals surface area (Å²) in [6, 6.07) is 0.394. The van der Waals surface area contributed by atoms with Crippen LogP contribution in [0.2, 0.25) is 0 Å². The number of nitrogens with one attached hydrogen (secondary N) is 2. The average molecular weight is 265 g/mol. The molecule has 1 saturated heterocycles. The molecule has 16 heavy (non-hydrogen) atoms. The van der Waals surface area contributed by atoms with Crippen molar-refractivity contribution in [2.75, 3.05) is 24.6 Å². The van der Waals surface area contributed by atoms with Gasteiger partial charge < -0.3 is 10.6 Å². The van der Waals surface area contributed by atoms with Gasteiger partial charge in [-0.3, -0.25) is 4.79 Å². The molecule has 2 aliphatic rings. The minimum absolute atomic E-state index is 0. The van der Waals surface area contributed by atoms with E-state index in [4.69, 9.17) is 0 Å². The molecule has 1 aliphatic heterocycles. The number of amides is 1. The van der Waals surface area contributed by atoms with Crippen LogP contribution in [0.5, 0.6) is 0 Å². The summed E-state index contributed by atoms with van der Waals surface area (Å²) in [6.45, 7) is 1.95. The highest BCUT2D eigenvalue weighted by Crippen LogP contribution is 2.25. The molecule has 0 aromatic heterocycles. The van der Waals surface area contributed by atoms with E-state index in [-0.39, 0.29) is 18.3 Å². The number of thioether (sulfide) groups is 1. The van der Waals surface area contributed by atoms with Gasteiger partial charge in [-0.2, -0.15) is 11.8 Å². The zero-order chi connectivity index (χ0) is 10.5. The number of halogens is 1. The quantitative estimate of drug-likeness (QED) is 0.807. The summed E-state index contributed by atoms with van der Waals surface area (Å²) in [7, 11) is 0. The molecule has 0 aromatic rings. The Morgan fingerprint density at radius 2 is 2.25 bits per heavy atom. The molecule has 2 N–H and O–H groups in total. The molecule has 94 valence electrons. The van der Waals surface area contributed by atoms with Crippen LogP contribution in [-0.4, -0.2) is 36.5 Å². The molecule has 1 saturated carbocycles. The zero-order valence-electron chi connectivity index (χ0n) is 9.54. The molecule has 0 bridgehead atoms. The van der Waals surface area contributed by atoms with Gasteiger partial charge in [-0.05, 0) is 18.8 Å². The van der Waals surface area contributed by atoms with Crippen molar-refractivity contribution in [2.45, 2.75) is 31.7 Å². The maximum absolute atomic E-state index is 11.6. The lowest BCUT2D eigenvalue weighted by Gasteiger charge is -2.26. The Bertz CT molecular complexity index is 218. The normalized spacial score (nSPS) is 25.4. The van der Waals surface area contributed by atoms with Gasteiger partial charge in [-0.25, -0.2) is 0 Å². The Labute approximate surface area is 108 Å². The van der Waals surface area contributed by atoms with E-state index in [0.29, 0.717) is 12.5 Å². The fourth-order valence-electron chi connectivity index (χ4n) is 2.00. The number of hydrogen-bond donors (Lipinski definition) is 2. The van der Waals surface area contributed by atoms with Crippen molar-refractivity contribution in [2.24, 2.45) is 5.92 Å². The van der Waals surface area contributed by atoms with Gasteiger partial charge in [0, 0.05) is 37.1 Å². The van der Waals surface area contributed by atoms with Crippen LogP contribution < -0.4 is 10.6 Å². The first kappa shape index (κ1) is 14.1. The van der Waals surface area contributed by atoms with Crippen molar-refractivity contribution >= 4 is 30.1 Å². The molecule has 2 fully saturated rings. The molecule has 0 aromatic carbocycles. The molecule has 2 rings (SSSR count). The summed E-state index contributed by atoms with van der Waals surface area (Å²) in [5.41, 5.74) is 0. The molecule has 1 amide bonds. The van der Waals surface area contributed by atoms with Crippen LogP contribution in [0.15, 0.2) is 0 Å². The lowest BCUT2D eigenvalue weighted by Crippen LogP contribution is -2.42. The summed E-state index contributed by atoms with van der Waals surface area (Å²) in [5.74, 6) is 3.25. The van der Waals surface area contributed by atoms with Crippen LogP contribution >= 0.6 is 24.2 Å². The Kier molecular flexibility index (Phi) is 6.54. The number of carbonyl (C=O) groups excluding carboxylic acids is 1. The molecule has 0 radical (unpaired) electrons. The van der Waals surface area contributed by atoms with E-state index in [1.165, 1.54) is 25.0 Å². The second-order valence-corrected chi connectivity index (χ2v) is 5.68. The lowest BCUT2D eigenvalue weighted by atomic mass is 9.85. The highest BCUT2D eigenvalue weighted by molar-refractivity contribution is 7.99. The Morgan fingerprint density at radius 1 is 1.44 bits per heavy atom. The first-order valence-electron chi connectivity index (χ1n) is 5.92. The Hall–Kier alpha value is 0.0700. The van der Waals surface area contributed by atoms with Gasteiger partial charge in [0.25, 0.3) is 0 Å². The van der Waals surface area contributed by atoms with E-state index >= 15 is 0 Å². The van der Waals surface area contributed by atoms with E-state index in [1.54, 1.807) is 0 Å². The average Bonchev–Trinajstić information content (AvgIpc) is 2.17. The molecular formula is C11H21ClN2OS. The molecule has 1 heterocycles. The largest absolute Gasteiger partial charge is 0.356 e. The molecule has 1 atom stereocenters. The first-order chi connectivity index (χ1) is 7.34. The molecule has 1 unspecified atom stereocenters. The van der Waals surface area contributed by atoms with Gasteiger partial charge in [-0.1, -0.05) is 6.42 Å². The second kappa shape index (κ2) is 7.41. The minimum Gasteiger partial charge on any atom is -0.356 e. The van der Waals surface area contributed by atoms with Crippen molar-refractivity contribution in [3.63, 3.8) is 0 Å². The summed E-state index contributed by atoms with van der Waals surface area (Å²) in [5, 5.41) is 6.43. The van der Waals surface area contributed by atoms with E-state index in [0.717, 1.165) is 24.8 Å². The second-order valence-electron chi connectivity index (χ2n) is 4.53. The predicted octanol–water partition coefficient (Wildman–Crippen LogP) is 1.42. The van der Waals surface area contributed by atoms with Crippen LogP contribution in [0.25, 0.3) is 0 Å². The Balaban J connectivity index is 0.00000128. The third-order valence-corrected chi connectivity index (χ3v) is 4.37. The maximum Gasteiger partial charge on any atom is 0.221 e. The van der Waals surface area contributed by atoms with Crippen LogP contribution in [0.1, 0.15) is 25.7 Å². The maximum atomic E-state index is 11.6. The van der Waals surface area contributed by atoms with E-state index < -0.39 is 0 Å². The summed E-state index contributed by atoms with van der Waals surface area (Å²) in [6.07, 6.45) is 4.61. The highest BCUT2D eigenvalue weighted by Gasteiger charge is 2.20.